The topological polar surface area (TPSA) is 105 Å². The van der Waals surface area contributed by atoms with E-state index in [2.05, 4.69) is 34.3 Å². The summed E-state index contributed by atoms with van der Waals surface area (Å²) >= 11 is 7.86. The zero-order valence-corrected chi connectivity index (χ0v) is 27.1. The van der Waals surface area contributed by atoms with Crippen LogP contribution in [0.1, 0.15) is 60.4 Å². The molecule has 12 heteroatoms. The third kappa shape index (κ3) is 7.00. The lowest BCUT2D eigenvalue weighted by Crippen LogP contribution is -2.50. The number of halogens is 1. The van der Waals surface area contributed by atoms with Gasteiger partial charge in [0.2, 0.25) is 5.91 Å². The van der Waals surface area contributed by atoms with Crippen molar-refractivity contribution in [1.82, 2.24) is 29.9 Å². The van der Waals surface area contributed by atoms with Crippen molar-refractivity contribution in [2.45, 2.75) is 53.6 Å². The van der Waals surface area contributed by atoms with Gasteiger partial charge in [0.25, 0.3) is 0 Å². The third-order valence-electron chi connectivity index (χ3n) is 7.45. The lowest BCUT2D eigenvalue weighted by atomic mass is 10.00. The van der Waals surface area contributed by atoms with E-state index < -0.39 is 5.60 Å². The Balaban J connectivity index is 1.27. The Hall–Kier alpha value is -3.54. The van der Waals surface area contributed by atoms with Crippen molar-refractivity contribution in [2.75, 3.05) is 39.3 Å². The first-order valence-electron chi connectivity index (χ1n) is 14.5. The second-order valence-electron chi connectivity index (χ2n) is 11.8. The lowest BCUT2D eigenvalue weighted by molar-refractivity contribution is -0.116. The molecule has 10 nitrogen and oxygen atoms in total. The fourth-order valence-electron chi connectivity index (χ4n) is 5.13. The highest BCUT2D eigenvalue weighted by molar-refractivity contribution is 7.15. The summed E-state index contributed by atoms with van der Waals surface area (Å²) in [6, 6.07) is 7.58. The van der Waals surface area contributed by atoms with Crippen molar-refractivity contribution in [3.8, 4) is 5.00 Å². The summed E-state index contributed by atoms with van der Waals surface area (Å²) in [6.07, 6.45) is 2.03. The predicted molar refractivity (Wildman–Crippen MR) is 170 cm³/mol. The molecule has 2 amide bonds. The average molecular weight is 624 g/mol. The summed E-state index contributed by atoms with van der Waals surface area (Å²) < 4.78 is 7.47. The molecular weight excluding hydrogens is 586 g/mol. The maximum absolute atomic E-state index is 13.1. The number of nitrogens with one attached hydrogen (secondary N) is 1. The van der Waals surface area contributed by atoms with Gasteiger partial charge in [-0.15, -0.1) is 21.5 Å². The molecule has 0 bridgehead atoms. The van der Waals surface area contributed by atoms with E-state index >= 15 is 0 Å². The van der Waals surface area contributed by atoms with Gasteiger partial charge in [-0.05, 0) is 72.2 Å². The molecule has 1 fully saturated rings. The Bertz CT molecular complexity index is 1580. The van der Waals surface area contributed by atoms with Crippen molar-refractivity contribution in [1.29, 1.82) is 0 Å². The normalized spacial score (nSPS) is 16.4. The first-order chi connectivity index (χ1) is 20.4. The van der Waals surface area contributed by atoms with Gasteiger partial charge in [-0.3, -0.25) is 14.3 Å². The van der Waals surface area contributed by atoms with Gasteiger partial charge in [0.05, 0.1) is 5.71 Å². The number of aliphatic imine (C=N–C) groups is 1. The fraction of sp³-hybridized carbons (Fsp3) is 0.452. The Morgan fingerprint density at radius 2 is 1.77 bits per heavy atom. The summed E-state index contributed by atoms with van der Waals surface area (Å²) in [5.74, 6) is 1.01. The highest BCUT2D eigenvalue weighted by Crippen LogP contribution is 2.38. The van der Waals surface area contributed by atoms with Gasteiger partial charge in [0, 0.05) is 59.8 Å². The molecule has 0 unspecified atom stereocenters. The van der Waals surface area contributed by atoms with Crippen molar-refractivity contribution >= 4 is 46.3 Å². The zero-order valence-electron chi connectivity index (χ0n) is 25.5. The first-order valence-corrected chi connectivity index (χ1v) is 15.7. The van der Waals surface area contributed by atoms with Crippen LogP contribution in [0.3, 0.4) is 0 Å². The number of carbonyl (C=O) groups excluding carboxylic acids is 2. The molecule has 1 aromatic carbocycles. The van der Waals surface area contributed by atoms with Gasteiger partial charge in [0.1, 0.15) is 22.1 Å². The van der Waals surface area contributed by atoms with Gasteiger partial charge in [0.15, 0.2) is 5.82 Å². The number of rotatable bonds is 6. The highest BCUT2D eigenvalue weighted by atomic mass is 35.5. The van der Waals surface area contributed by atoms with E-state index in [1.54, 1.807) is 16.2 Å². The van der Waals surface area contributed by atoms with E-state index in [0.717, 1.165) is 59.3 Å². The zero-order chi connectivity index (χ0) is 30.9. The summed E-state index contributed by atoms with van der Waals surface area (Å²) in [6.45, 7) is 15.9. The fourth-order valence-corrected chi connectivity index (χ4v) is 6.46. The number of amides is 2. The molecule has 43 heavy (non-hydrogen) atoms. The van der Waals surface area contributed by atoms with Crippen molar-refractivity contribution in [2.24, 2.45) is 4.99 Å². The van der Waals surface area contributed by atoms with Gasteiger partial charge in [-0.1, -0.05) is 23.7 Å². The minimum Gasteiger partial charge on any atom is -0.444 e. The van der Waals surface area contributed by atoms with Gasteiger partial charge >= 0.3 is 6.09 Å². The number of benzene rings is 1. The van der Waals surface area contributed by atoms with Crippen LogP contribution in [-0.2, 0) is 9.53 Å². The molecule has 1 N–H and O–H groups in total. The maximum atomic E-state index is 13.1. The number of aromatic nitrogens is 3. The van der Waals surface area contributed by atoms with Crippen LogP contribution in [0.2, 0.25) is 5.02 Å². The van der Waals surface area contributed by atoms with Gasteiger partial charge in [-0.25, -0.2) is 9.79 Å². The number of hydrogen-bond donors (Lipinski definition) is 1. The average Bonchev–Trinajstić information content (AvgIpc) is 3.43. The number of hydrogen-bond acceptors (Lipinski definition) is 8. The van der Waals surface area contributed by atoms with Gasteiger partial charge in [-0.2, -0.15) is 0 Å². The maximum Gasteiger partial charge on any atom is 0.410 e. The highest BCUT2D eigenvalue weighted by Gasteiger charge is 2.29. The van der Waals surface area contributed by atoms with Crippen LogP contribution in [0.4, 0.5) is 4.79 Å². The Kier molecular flexibility index (Phi) is 9.05. The Labute approximate surface area is 261 Å². The van der Waals surface area contributed by atoms with E-state index in [1.165, 1.54) is 11.0 Å². The van der Waals surface area contributed by atoms with Crippen LogP contribution < -0.4 is 5.32 Å². The van der Waals surface area contributed by atoms with E-state index in [-0.39, 0.29) is 12.0 Å². The lowest BCUT2D eigenvalue weighted by Gasteiger charge is -2.35. The molecule has 3 aromatic rings. The molecule has 2 aliphatic rings. The molecule has 2 aromatic heterocycles. The standard InChI is InChI=1S/C31H38ClN7O3S/c1-19-20(2)43-29-26(19)27(22-8-10-23(32)11-9-22)34-24(28-36-35-21(3)39(28)29)18-25(40)33-12-7-13-37-14-16-38(17-15-37)30(41)42-31(4,5)6/h8-11,18H,7,12-17H2,1-6H3,(H,33,40)/b24-18-. The van der Waals surface area contributed by atoms with Gasteiger partial charge < -0.3 is 15.0 Å². The van der Waals surface area contributed by atoms with Crippen LogP contribution in [0, 0.1) is 20.8 Å². The van der Waals surface area contributed by atoms with E-state index in [1.807, 2.05) is 56.5 Å². The molecule has 228 valence electrons. The molecule has 0 aliphatic carbocycles. The van der Waals surface area contributed by atoms with Crippen LogP contribution in [0.25, 0.3) is 10.7 Å². The molecule has 0 radical (unpaired) electrons. The van der Waals surface area contributed by atoms with Crippen molar-refractivity contribution in [3.63, 3.8) is 0 Å². The minimum absolute atomic E-state index is 0.241. The van der Waals surface area contributed by atoms with E-state index in [4.69, 9.17) is 21.3 Å². The third-order valence-corrected chi connectivity index (χ3v) is 8.90. The van der Waals surface area contributed by atoms with E-state index in [9.17, 15) is 9.59 Å². The number of nitrogens with zero attached hydrogens (tertiary/aromatic N) is 6. The van der Waals surface area contributed by atoms with Crippen LogP contribution in [0.15, 0.2) is 35.3 Å². The SMILES string of the molecule is Cc1sc2c(c1C)C(c1ccc(Cl)cc1)=N/C(=C\C(=O)NCCCN1CCN(C(=O)OC(C)(C)C)CC1)c1nnc(C)n1-2. The molecule has 5 rings (SSSR count). The quantitative estimate of drug-likeness (QED) is 0.301. The number of ether oxygens (including phenoxy) is 1. The molecule has 0 saturated carbocycles. The molecule has 2 aliphatic heterocycles. The smallest absolute Gasteiger partial charge is 0.410 e. The van der Waals surface area contributed by atoms with Crippen molar-refractivity contribution < 1.29 is 14.3 Å². The number of piperazine rings is 1. The minimum atomic E-state index is -0.500. The van der Waals surface area contributed by atoms with Crippen LogP contribution in [0.5, 0.6) is 0 Å². The molecule has 4 heterocycles. The summed E-state index contributed by atoms with van der Waals surface area (Å²) in [7, 11) is 0. The summed E-state index contributed by atoms with van der Waals surface area (Å²) in [5.41, 5.74) is 3.75. The Morgan fingerprint density at radius 1 is 1.07 bits per heavy atom. The molecular formula is C31H38ClN7O3S. The monoisotopic (exact) mass is 623 g/mol. The second-order valence-corrected chi connectivity index (χ2v) is 13.5. The van der Waals surface area contributed by atoms with Crippen molar-refractivity contribution in [3.05, 3.63) is 68.6 Å². The summed E-state index contributed by atoms with van der Waals surface area (Å²) in [5, 5.41) is 13.4. The second kappa shape index (κ2) is 12.6. The molecule has 1 saturated heterocycles. The largest absolute Gasteiger partial charge is 0.444 e. The van der Waals surface area contributed by atoms with Crippen LogP contribution in [-0.4, -0.2) is 87.1 Å². The molecule has 0 atom stereocenters. The number of carbonyl (C=O) groups is 2. The predicted octanol–water partition coefficient (Wildman–Crippen LogP) is 5.16. The van der Waals surface area contributed by atoms with E-state index in [0.29, 0.717) is 36.2 Å². The Morgan fingerprint density at radius 3 is 2.44 bits per heavy atom. The summed E-state index contributed by atoms with van der Waals surface area (Å²) in [4.78, 5) is 35.7. The first kappa shape index (κ1) is 30.9. The molecule has 0 spiro atoms. The van der Waals surface area contributed by atoms with Crippen LogP contribution >= 0.6 is 22.9 Å². The number of aryl methyl sites for hydroxylation is 2. The number of fused-ring (bicyclic) bond motifs is 3. The number of thiophene rings is 1.